The fourth-order valence-corrected chi connectivity index (χ4v) is 1.23. The molecule has 18 heavy (non-hydrogen) atoms. The van der Waals surface area contributed by atoms with Crippen molar-refractivity contribution in [3.63, 3.8) is 0 Å². The van der Waals surface area contributed by atoms with Crippen molar-refractivity contribution in [1.82, 2.24) is 9.80 Å². The van der Waals surface area contributed by atoms with Gasteiger partial charge >= 0.3 is 0 Å². The lowest BCUT2D eigenvalue weighted by Crippen LogP contribution is -2.38. The van der Waals surface area contributed by atoms with Crippen molar-refractivity contribution in [2.24, 2.45) is 0 Å². The average molecular weight is 264 g/mol. The van der Waals surface area contributed by atoms with Crippen LogP contribution in [0.3, 0.4) is 0 Å². The predicted molar refractivity (Wildman–Crippen MR) is 70.8 cm³/mol. The van der Waals surface area contributed by atoms with Gasteiger partial charge in [-0.1, -0.05) is 0 Å². The van der Waals surface area contributed by atoms with Gasteiger partial charge in [0.2, 0.25) is 0 Å². The molecule has 0 bridgehead atoms. The molecule has 0 aliphatic rings. The number of hydrogen-bond acceptors (Lipinski definition) is 6. The predicted octanol–water partition coefficient (Wildman–Crippen LogP) is -1.14. The molecule has 110 valence electrons. The summed E-state index contributed by atoms with van der Waals surface area (Å²) in [6, 6.07) is 0. The Morgan fingerprint density at radius 3 is 2.06 bits per heavy atom. The van der Waals surface area contributed by atoms with Crippen molar-refractivity contribution in [2.75, 3.05) is 67.7 Å². The number of aliphatic hydroxyl groups is 2. The fourth-order valence-electron chi connectivity index (χ4n) is 1.23. The van der Waals surface area contributed by atoms with Gasteiger partial charge in [-0.2, -0.15) is 0 Å². The van der Waals surface area contributed by atoms with Crippen molar-refractivity contribution < 1.29 is 19.7 Å². The fraction of sp³-hybridized carbons (Fsp3) is 1.00. The summed E-state index contributed by atoms with van der Waals surface area (Å²) in [5.74, 6) is 0. The lowest BCUT2D eigenvalue weighted by molar-refractivity contribution is -0.0927. The summed E-state index contributed by atoms with van der Waals surface area (Å²) in [7, 11) is 7.80. The van der Waals surface area contributed by atoms with Crippen molar-refractivity contribution in [1.29, 1.82) is 0 Å². The quantitative estimate of drug-likeness (QED) is 0.460. The molecule has 6 nitrogen and oxygen atoms in total. The van der Waals surface area contributed by atoms with Crippen LogP contribution in [0.15, 0.2) is 0 Å². The van der Waals surface area contributed by atoms with Crippen molar-refractivity contribution in [3.05, 3.63) is 0 Å². The third kappa shape index (κ3) is 9.76. The molecule has 0 rings (SSSR count). The first-order valence-corrected chi connectivity index (χ1v) is 6.25. The van der Waals surface area contributed by atoms with Gasteiger partial charge in [0.1, 0.15) is 12.2 Å². The van der Waals surface area contributed by atoms with E-state index in [0.717, 1.165) is 13.1 Å². The zero-order valence-electron chi connectivity index (χ0n) is 12.0. The maximum Gasteiger partial charge on any atom is 0.109 e. The highest BCUT2D eigenvalue weighted by Gasteiger charge is 2.19. The Kier molecular flexibility index (Phi) is 10.5. The number of aliphatic hydroxyl groups excluding tert-OH is 2. The molecule has 0 amide bonds. The lowest BCUT2D eigenvalue weighted by Gasteiger charge is -2.22. The van der Waals surface area contributed by atoms with E-state index < -0.39 is 12.2 Å². The van der Waals surface area contributed by atoms with Crippen molar-refractivity contribution in [2.45, 2.75) is 12.2 Å². The molecule has 0 aromatic heterocycles. The normalized spacial score (nSPS) is 15.3. The molecule has 2 unspecified atom stereocenters. The second-order valence-corrected chi connectivity index (χ2v) is 4.84. The molecule has 0 spiro atoms. The van der Waals surface area contributed by atoms with Crippen LogP contribution < -0.4 is 0 Å². The zero-order valence-corrected chi connectivity index (χ0v) is 12.0. The molecule has 0 aliphatic carbocycles. The maximum absolute atomic E-state index is 9.80. The van der Waals surface area contributed by atoms with E-state index in [2.05, 4.69) is 0 Å². The molecule has 2 N–H and O–H groups in total. The third-order valence-corrected chi connectivity index (χ3v) is 2.45. The summed E-state index contributed by atoms with van der Waals surface area (Å²) in [5.41, 5.74) is 0. The molecule has 0 saturated heterocycles. The number of nitrogens with zero attached hydrogens (tertiary/aromatic N) is 2. The number of likely N-dealkylation sites (N-methyl/N-ethyl adjacent to an activating group) is 2. The summed E-state index contributed by atoms with van der Waals surface area (Å²) in [4.78, 5) is 3.98. The molecule has 0 heterocycles. The van der Waals surface area contributed by atoms with Crippen LogP contribution in [0.2, 0.25) is 0 Å². The van der Waals surface area contributed by atoms with E-state index in [1.807, 2.05) is 38.0 Å². The Morgan fingerprint density at radius 2 is 1.56 bits per heavy atom. The topological polar surface area (TPSA) is 65.4 Å². The van der Waals surface area contributed by atoms with Crippen LogP contribution in [0.5, 0.6) is 0 Å². The second kappa shape index (κ2) is 10.7. The molecule has 0 aromatic rings. The van der Waals surface area contributed by atoms with E-state index in [-0.39, 0.29) is 13.2 Å². The molecule has 0 aliphatic heterocycles. The van der Waals surface area contributed by atoms with E-state index in [1.54, 1.807) is 0 Å². The largest absolute Gasteiger partial charge is 0.394 e. The maximum atomic E-state index is 9.80. The van der Waals surface area contributed by atoms with Crippen LogP contribution in [0.1, 0.15) is 0 Å². The van der Waals surface area contributed by atoms with Crippen LogP contribution in [0.25, 0.3) is 0 Å². The monoisotopic (exact) mass is 264 g/mol. The lowest BCUT2D eigenvalue weighted by atomic mass is 10.2. The zero-order chi connectivity index (χ0) is 14.0. The van der Waals surface area contributed by atoms with Gasteiger partial charge in [-0.15, -0.1) is 0 Å². The van der Waals surface area contributed by atoms with E-state index in [9.17, 15) is 5.11 Å². The number of ether oxygens (including phenoxy) is 2. The first-order chi connectivity index (χ1) is 8.47. The smallest absolute Gasteiger partial charge is 0.109 e. The minimum Gasteiger partial charge on any atom is -0.394 e. The van der Waals surface area contributed by atoms with Crippen LogP contribution in [0, 0.1) is 0 Å². The summed E-state index contributed by atoms with van der Waals surface area (Å²) < 4.78 is 10.7. The summed E-state index contributed by atoms with van der Waals surface area (Å²) in [5, 5.41) is 18.9. The van der Waals surface area contributed by atoms with E-state index in [4.69, 9.17) is 14.6 Å². The Balaban J connectivity index is 3.71. The van der Waals surface area contributed by atoms with Crippen LogP contribution in [-0.4, -0.2) is 99.9 Å². The highest BCUT2D eigenvalue weighted by Crippen LogP contribution is 2.00. The van der Waals surface area contributed by atoms with Gasteiger partial charge in [0, 0.05) is 13.1 Å². The van der Waals surface area contributed by atoms with Gasteiger partial charge in [0.15, 0.2) is 0 Å². The summed E-state index contributed by atoms with van der Waals surface area (Å²) in [6.45, 7) is 2.57. The van der Waals surface area contributed by atoms with E-state index in [0.29, 0.717) is 13.2 Å². The molecule has 0 saturated carbocycles. The Bertz CT molecular complexity index is 191. The Labute approximate surface area is 110 Å². The molecule has 0 aromatic carbocycles. The van der Waals surface area contributed by atoms with Crippen LogP contribution >= 0.6 is 0 Å². The molecule has 0 fully saturated rings. The molecule has 0 radical (unpaired) electrons. The Morgan fingerprint density at radius 1 is 1.00 bits per heavy atom. The van der Waals surface area contributed by atoms with Gasteiger partial charge in [-0.3, -0.25) is 0 Å². The van der Waals surface area contributed by atoms with Gasteiger partial charge < -0.3 is 29.5 Å². The van der Waals surface area contributed by atoms with Gasteiger partial charge in [0.25, 0.3) is 0 Å². The molecule has 6 heteroatoms. The van der Waals surface area contributed by atoms with Crippen molar-refractivity contribution in [3.8, 4) is 0 Å². The Hall–Kier alpha value is -0.240. The molecule has 2 atom stereocenters. The van der Waals surface area contributed by atoms with Crippen molar-refractivity contribution >= 4 is 0 Å². The first kappa shape index (κ1) is 17.8. The minimum atomic E-state index is -0.792. The summed E-state index contributed by atoms with van der Waals surface area (Å²) in [6.07, 6.45) is -1.37. The van der Waals surface area contributed by atoms with Crippen LogP contribution in [-0.2, 0) is 9.47 Å². The number of rotatable bonds is 11. The van der Waals surface area contributed by atoms with Gasteiger partial charge in [0.05, 0.1) is 26.4 Å². The summed E-state index contributed by atoms with van der Waals surface area (Å²) >= 11 is 0. The minimum absolute atomic E-state index is 0.182. The van der Waals surface area contributed by atoms with Gasteiger partial charge in [-0.05, 0) is 28.2 Å². The second-order valence-electron chi connectivity index (χ2n) is 4.84. The standard InChI is InChI=1S/C12H28N2O4/c1-13(2)5-7-17-10-11(16)12(9-15)18-8-6-14(3)4/h11-12,15-16H,5-10H2,1-4H3. The SMILES string of the molecule is CN(C)CCOCC(O)C(CO)OCCN(C)C. The number of hydrogen-bond donors (Lipinski definition) is 2. The highest BCUT2D eigenvalue weighted by atomic mass is 16.5. The molecular formula is C12H28N2O4. The first-order valence-electron chi connectivity index (χ1n) is 6.25. The highest BCUT2D eigenvalue weighted by molar-refractivity contribution is 4.68. The van der Waals surface area contributed by atoms with Gasteiger partial charge in [-0.25, -0.2) is 0 Å². The van der Waals surface area contributed by atoms with E-state index in [1.165, 1.54) is 0 Å². The third-order valence-electron chi connectivity index (χ3n) is 2.45. The average Bonchev–Trinajstić information content (AvgIpc) is 2.29. The van der Waals surface area contributed by atoms with E-state index >= 15 is 0 Å². The van der Waals surface area contributed by atoms with Crippen LogP contribution in [0.4, 0.5) is 0 Å². The molecular weight excluding hydrogens is 236 g/mol.